The zero-order valence-electron chi connectivity index (χ0n) is 22.4. The van der Waals surface area contributed by atoms with Crippen LogP contribution in [0.2, 0.25) is 0 Å². The number of carbonyl (C=O) groups is 1. The van der Waals surface area contributed by atoms with Gasteiger partial charge >= 0.3 is 0 Å². The predicted molar refractivity (Wildman–Crippen MR) is 157 cm³/mol. The number of halogens is 2. The fourth-order valence-electron chi connectivity index (χ4n) is 6.26. The SMILES string of the molecule is CCc1ccc(CN2CC3C(C2)C3CN(C(=O)c2ccc(Br)cc2)c2ccc(N3CCOCC3)c(F)c2)cc1. The average molecular weight is 593 g/mol. The number of piperidine rings is 1. The molecule has 0 N–H and O–H groups in total. The molecule has 204 valence electrons. The molecule has 3 aromatic rings. The first-order valence-corrected chi connectivity index (χ1v) is 14.8. The Bertz CT molecular complexity index is 1300. The summed E-state index contributed by atoms with van der Waals surface area (Å²) in [6.07, 6.45) is 1.06. The molecule has 3 aromatic carbocycles. The Balaban J connectivity index is 1.17. The normalized spacial score (nSPS) is 22.5. The number of nitrogens with zero attached hydrogens (tertiary/aromatic N) is 3. The average Bonchev–Trinajstić information content (AvgIpc) is 3.41. The number of carbonyl (C=O) groups excluding carboxylic acids is 1. The first-order valence-electron chi connectivity index (χ1n) is 14.0. The molecule has 2 atom stereocenters. The Morgan fingerprint density at radius 3 is 2.28 bits per heavy atom. The monoisotopic (exact) mass is 591 g/mol. The Labute approximate surface area is 238 Å². The Hall–Kier alpha value is -2.74. The molecule has 2 unspecified atom stereocenters. The van der Waals surface area contributed by atoms with E-state index in [1.165, 1.54) is 17.2 Å². The second-order valence-electron chi connectivity index (χ2n) is 11.0. The third kappa shape index (κ3) is 5.76. The fraction of sp³-hybridized carbons (Fsp3) is 0.406. The molecule has 7 heteroatoms. The van der Waals surface area contributed by atoms with Gasteiger partial charge in [-0.1, -0.05) is 47.1 Å². The maximum atomic E-state index is 15.4. The number of ether oxygens (including phenoxy) is 1. The number of hydrogen-bond donors (Lipinski definition) is 0. The third-order valence-electron chi connectivity index (χ3n) is 8.61. The predicted octanol–water partition coefficient (Wildman–Crippen LogP) is 6.01. The fourth-order valence-corrected chi connectivity index (χ4v) is 6.53. The van der Waals surface area contributed by atoms with Crippen molar-refractivity contribution in [1.82, 2.24) is 4.90 Å². The van der Waals surface area contributed by atoms with Crippen molar-refractivity contribution < 1.29 is 13.9 Å². The van der Waals surface area contributed by atoms with Gasteiger partial charge in [0, 0.05) is 55.0 Å². The molecular weight excluding hydrogens is 557 g/mol. The molecule has 1 amide bonds. The number of aryl methyl sites for hydroxylation is 1. The molecule has 0 spiro atoms. The van der Waals surface area contributed by atoms with E-state index in [2.05, 4.69) is 52.0 Å². The summed E-state index contributed by atoms with van der Waals surface area (Å²) < 4.78 is 21.7. The van der Waals surface area contributed by atoms with Crippen LogP contribution in [0.3, 0.4) is 0 Å². The lowest BCUT2D eigenvalue weighted by Crippen LogP contribution is -2.37. The number of benzene rings is 3. The van der Waals surface area contributed by atoms with E-state index in [1.54, 1.807) is 4.90 Å². The molecule has 6 rings (SSSR count). The van der Waals surface area contributed by atoms with Crippen LogP contribution in [-0.4, -0.2) is 56.7 Å². The van der Waals surface area contributed by atoms with Crippen LogP contribution >= 0.6 is 15.9 Å². The first kappa shape index (κ1) is 26.5. The zero-order chi connectivity index (χ0) is 26.9. The zero-order valence-corrected chi connectivity index (χ0v) is 23.9. The maximum absolute atomic E-state index is 15.4. The van der Waals surface area contributed by atoms with Gasteiger partial charge in [0.1, 0.15) is 5.82 Å². The second kappa shape index (κ2) is 11.4. The van der Waals surface area contributed by atoms with Crippen LogP contribution in [0.1, 0.15) is 28.4 Å². The Kier molecular flexibility index (Phi) is 7.74. The quantitative estimate of drug-likeness (QED) is 0.321. The summed E-state index contributed by atoms with van der Waals surface area (Å²) in [6, 6.07) is 21.6. The number of likely N-dealkylation sites (tertiary alicyclic amines) is 1. The summed E-state index contributed by atoms with van der Waals surface area (Å²) in [5.41, 5.74) is 4.53. The maximum Gasteiger partial charge on any atom is 0.258 e. The minimum absolute atomic E-state index is 0.0844. The summed E-state index contributed by atoms with van der Waals surface area (Å²) in [5.74, 6) is 1.22. The minimum atomic E-state index is -0.292. The number of rotatable bonds is 8. The number of amides is 1. The smallest absolute Gasteiger partial charge is 0.258 e. The number of fused-ring (bicyclic) bond motifs is 1. The van der Waals surface area contributed by atoms with Crippen LogP contribution in [0, 0.1) is 23.6 Å². The van der Waals surface area contributed by atoms with E-state index in [0.717, 1.165) is 30.5 Å². The molecule has 5 nitrogen and oxygen atoms in total. The van der Waals surface area contributed by atoms with Gasteiger partial charge in [0.25, 0.3) is 5.91 Å². The van der Waals surface area contributed by atoms with Gasteiger partial charge in [0.05, 0.1) is 18.9 Å². The van der Waals surface area contributed by atoms with E-state index in [9.17, 15) is 4.79 Å². The highest BCUT2D eigenvalue weighted by molar-refractivity contribution is 9.10. The molecule has 2 heterocycles. The number of anilines is 2. The lowest BCUT2D eigenvalue weighted by atomic mass is 10.1. The second-order valence-corrected chi connectivity index (χ2v) is 11.9. The standard InChI is InChI=1S/C32H35BrFN3O2/c1-2-22-3-5-23(6-4-22)18-35-19-27-28(20-35)29(27)21-37(32(38)24-7-9-25(33)10-8-24)26-11-12-31(30(34)17-26)36-13-15-39-16-14-36/h3-12,17,27-29H,2,13-16,18-21H2,1H3. The Morgan fingerprint density at radius 1 is 0.974 bits per heavy atom. The summed E-state index contributed by atoms with van der Waals surface area (Å²) in [4.78, 5) is 20.1. The van der Waals surface area contributed by atoms with E-state index >= 15 is 4.39 Å². The molecule has 1 aliphatic carbocycles. The lowest BCUT2D eigenvalue weighted by Gasteiger charge is -2.30. The number of morpholine rings is 1. The van der Waals surface area contributed by atoms with Gasteiger partial charge in [0.15, 0.2) is 0 Å². The summed E-state index contributed by atoms with van der Waals surface area (Å²) in [7, 11) is 0. The van der Waals surface area contributed by atoms with Gasteiger partial charge in [0.2, 0.25) is 0 Å². The van der Waals surface area contributed by atoms with Gasteiger partial charge in [-0.3, -0.25) is 9.69 Å². The van der Waals surface area contributed by atoms with Gasteiger partial charge in [-0.05, 0) is 77.8 Å². The van der Waals surface area contributed by atoms with Crippen molar-refractivity contribution >= 4 is 33.2 Å². The minimum Gasteiger partial charge on any atom is -0.378 e. The van der Waals surface area contributed by atoms with Gasteiger partial charge < -0.3 is 14.5 Å². The van der Waals surface area contributed by atoms with Crippen molar-refractivity contribution in [3.63, 3.8) is 0 Å². The molecule has 3 aliphatic rings. The Morgan fingerprint density at radius 2 is 1.64 bits per heavy atom. The van der Waals surface area contributed by atoms with Crippen molar-refractivity contribution in [2.45, 2.75) is 19.9 Å². The summed E-state index contributed by atoms with van der Waals surface area (Å²) in [6.45, 7) is 8.40. The van der Waals surface area contributed by atoms with Gasteiger partial charge in [-0.2, -0.15) is 0 Å². The summed E-state index contributed by atoms with van der Waals surface area (Å²) in [5, 5.41) is 0. The van der Waals surface area contributed by atoms with Crippen LogP contribution in [-0.2, 0) is 17.7 Å². The topological polar surface area (TPSA) is 36.0 Å². The van der Waals surface area contributed by atoms with E-state index in [0.29, 0.717) is 67.5 Å². The first-order chi connectivity index (χ1) is 19.0. The van der Waals surface area contributed by atoms with Crippen LogP contribution < -0.4 is 9.80 Å². The van der Waals surface area contributed by atoms with E-state index in [4.69, 9.17) is 4.74 Å². The molecule has 1 saturated carbocycles. The van der Waals surface area contributed by atoms with Crippen molar-refractivity contribution in [2.24, 2.45) is 17.8 Å². The van der Waals surface area contributed by atoms with Crippen molar-refractivity contribution in [3.05, 3.63) is 93.7 Å². The van der Waals surface area contributed by atoms with Crippen LogP contribution in [0.5, 0.6) is 0 Å². The van der Waals surface area contributed by atoms with Crippen LogP contribution in [0.4, 0.5) is 15.8 Å². The van der Waals surface area contributed by atoms with Crippen molar-refractivity contribution in [3.8, 4) is 0 Å². The molecule has 2 aliphatic heterocycles. The highest BCUT2D eigenvalue weighted by Crippen LogP contribution is 2.52. The van der Waals surface area contributed by atoms with Crippen LogP contribution in [0.25, 0.3) is 0 Å². The largest absolute Gasteiger partial charge is 0.378 e. The molecule has 0 aromatic heterocycles. The summed E-state index contributed by atoms with van der Waals surface area (Å²) >= 11 is 3.46. The molecule has 2 saturated heterocycles. The third-order valence-corrected chi connectivity index (χ3v) is 9.14. The molecule has 39 heavy (non-hydrogen) atoms. The van der Waals surface area contributed by atoms with E-state index in [-0.39, 0.29) is 11.7 Å². The van der Waals surface area contributed by atoms with E-state index < -0.39 is 0 Å². The lowest BCUT2D eigenvalue weighted by molar-refractivity contribution is 0.0984. The van der Waals surface area contributed by atoms with E-state index in [1.807, 2.05) is 41.3 Å². The molecular formula is C32H35BrFN3O2. The highest BCUT2D eigenvalue weighted by atomic mass is 79.9. The van der Waals surface area contributed by atoms with Crippen molar-refractivity contribution in [2.75, 3.05) is 55.7 Å². The number of hydrogen-bond acceptors (Lipinski definition) is 4. The van der Waals surface area contributed by atoms with Gasteiger partial charge in [-0.25, -0.2) is 4.39 Å². The van der Waals surface area contributed by atoms with Gasteiger partial charge in [-0.15, -0.1) is 0 Å². The van der Waals surface area contributed by atoms with Crippen LogP contribution in [0.15, 0.2) is 71.2 Å². The highest BCUT2D eigenvalue weighted by Gasteiger charge is 2.56. The molecule has 0 bridgehead atoms. The molecule has 0 radical (unpaired) electrons. The molecule has 3 fully saturated rings. The van der Waals surface area contributed by atoms with Crippen molar-refractivity contribution in [1.29, 1.82) is 0 Å².